The highest BCUT2D eigenvalue weighted by Crippen LogP contribution is 2.17. The second-order valence-corrected chi connectivity index (χ2v) is 6.42. The van der Waals surface area contributed by atoms with Crippen LogP contribution in [-0.4, -0.2) is 19.1 Å². The first kappa shape index (κ1) is 15.0. The zero-order valence-corrected chi connectivity index (χ0v) is 12.5. The average Bonchev–Trinajstić information content (AvgIpc) is 2.25. The Balaban J connectivity index is 2.56. The molecule has 0 heterocycles. The van der Waals surface area contributed by atoms with E-state index in [0.717, 1.165) is 19.4 Å². The molecule has 2 N–H and O–H groups in total. The van der Waals surface area contributed by atoms with Gasteiger partial charge >= 0.3 is 0 Å². The third kappa shape index (κ3) is 5.54. The summed E-state index contributed by atoms with van der Waals surface area (Å²) in [5.74, 6) is 0.714. The SMILES string of the molecule is CC(C)Cc1ccc(N(C)CCC(C)(C)N)cc1. The molecule has 0 fully saturated rings. The highest BCUT2D eigenvalue weighted by atomic mass is 15.1. The molecule has 1 aromatic carbocycles. The normalized spacial score (nSPS) is 11.9. The molecule has 0 radical (unpaired) electrons. The standard InChI is InChI=1S/C16H28N2/c1-13(2)12-14-6-8-15(9-7-14)18(5)11-10-16(3,4)17/h6-9,13H,10-12,17H2,1-5H3. The smallest absolute Gasteiger partial charge is 0.0363 e. The van der Waals surface area contributed by atoms with Gasteiger partial charge in [-0.25, -0.2) is 0 Å². The van der Waals surface area contributed by atoms with E-state index in [9.17, 15) is 0 Å². The first-order valence-corrected chi connectivity index (χ1v) is 6.87. The highest BCUT2D eigenvalue weighted by molar-refractivity contribution is 5.46. The van der Waals surface area contributed by atoms with Crippen LogP contribution >= 0.6 is 0 Å². The molecule has 0 saturated carbocycles. The molecule has 0 aliphatic rings. The van der Waals surface area contributed by atoms with Crippen molar-refractivity contribution in [2.24, 2.45) is 11.7 Å². The molecular formula is C16H28N2. The zero-order valence-electron chi connectivity index (χ0n) is 12.5. The molecule has 0 bridgehead atoms. The fourth-order valence-electron chi connectivity index (χ4n) is 1.94. The third-order valence-electron chi connectivity index (χ3n) is 3.11. The maximum absolute atomic E-state index is 6.01. The van der Waals surface area contributed by atoms with Crippen LogP contribution in [0.3, 0.4) is 0 Å². The van der Waals surface area contributed by atoms with E-state index in [2.05, 4.69) is 63.9 Å². The van der Waals surface area contributed by atoms with Crippen LogP contribution in [-0.2, 0) is 6.42 Å². The van der Waals surface area contributed by atoms with Crippen molar-refractivity contribution in [3.63, 3.8) is 0 Å². The van der Waals surface area contributed by atoms with Crippen molar-refractivity contribution in [2.75, 3.05) is 18.5 Å². The van der Waals surface area contributed by atoms with E-state index in [1.165, 1.54) is 11.3 Å². The van der Waals surface area contributed by atoms with Crippen molar-refractivity contribution in [3.05, 3.63) is 29.8 Å². The Labute approximate surface area is 112 Å². The molecule has 0 aliphatic heterocycles. The number of hydrogen-bond donors (Lipinski definition) is 1. The van der Waals surface area contributed by atoms with Crippen molar-refractivity contribution >= 4 is 5.69 Å². The lowest BCUT2D eigenvalue weighted by Crippen LogP contribution is -2.36. The van der Waals surface area contributed by atoms with Gasteiger partial charge in [-0.05, 0) is 50.3 Å². The molecule has 2 heteroatoms. The Morgan fingerprint density at radius 3 is 2.17 bits per heavy atom. The van der Waals surface area contributed by atoms with E-state index in [1.807, 2.05) is 0 Å². The van der Waals surface area contributed by atoms with E-state index in [4.69, 9.17) is 5.73 Å². The quantitative estimate of drug-likeness (QED) is 0.835. The average molecular weight is 248 g/mol. The molecule has 2 nitrogen and oxygen atoms in total. The number of hydrogen-bond acceptors (Lipinski definition) is 2. The Morgan fingerprint density at radius 2 is 1.72 bits per heavy atom. The molecule has 1 aromatic rings. The van der Waals surface area contributed by atoms with Gasteiger partial charge in [-0.2, -0.15) is 0 Å². The fraction of sp³-hybridized carbons (Fsp3) is 0.625. The summed E-state index contributed by atoms with van der Waals surface area (Å²) in [5.41, 5.74) is 8.61. The number of benzene rings is 1. The Kier molecular flexibility index (Phi) is 5.21. The van der Waals surface area contributed by atoms with Crippen molar-refractivity contribution in [1.82, 2.24) is 0 Å². The molecule has 18 heavy (non-hydrogen) atoms. The molecule has 0 amide bonds. The van der Waals surface area contributed by atoms with Crippen molar-refractivity contribution in [1.29, 1.82) is 0 Å². The van der Waals surface area contributed by atoms with E-state index >= 15 is 0 Å². The van der Waals surface area contributed by atoms with Gasteiger partial charge in [0, 0.05) is 24.8 Å². The van der Waals surface area contributed by atoms with Crippen LogP contribution in [0.15, 0.2) is 24.3 Å². The van der Waals surface area contributed by atoms with Gasteiger partial charge < -0.3 is 10.6 Å². The Bertz CT molecular complexity index is 346. The summed E-state index contributed by atoms with van der Waals surface area (Å²) in [4.78, 5) is 2.27. The number of rotatable bonds is 6. The van der Waals surface area contributed by atoms with Gasteiger partial charge in [0.25, 0.3) is 0 Å². The molecule has 0 unspecified atom stereocenters. The summed E-state index contributed by atoms with van der Waals surface area (Å²) >= 11 is 0. The van der Waals surface area contributed by atoms with Crippen molar-refractivity contribution in [2.45, 2.75) is 46.1 Å². The van der Waals surface area contributed by atoms with E-state index in [0.29, 0.717) is 5.92 Å². The largest absolute Gasteiger partial charge is 0.375 e. The summed E-state index contributed by atoms with van der Waals surface area (Å²) in [6, 6.07) is 8.89. The summed E-state index contributed by atoms with van der Waals surface area (Å²) in [6.07, 6.45) is 2.15. The number of nitrogens with zero attached hydrogens (tertiary/aromatic N) is 1. The molecule has 0 aromatic heterocycles. The number of nitrogens with two attached hydrogens (primary N) is 1. The summed E-state index contributed by atoms with van der Waals surface area (Å²) < 4.78 is 0. The van der Waals surface area contributed by atoms with Gasteiger partial charge in [-0.15, -0.1) is 0 Å². The maximum atomic E-state index is 6.01. The molecule has 1 rings (SSSR count). The summed E-state index contributed by atoms with van der Waals surface area (Å²) in [7, 11) is 2.13. The van der Waals surface area contributed by atoms with Gasteiger partial charge in [0.2, 0.25) is 0 Å². The second-order valence-electron chi connectivity index (χ2n) is 6.42. The predicted octanol–water partition coefficient (Wildman–Crippen LogP) is 3.45. The van der Waals surface area contributed by atoms with Gasteiger partial charge in [0.1, 0.15) is 0 Å². The van der Waals surface area contributed by atoms with Crippen LogP contribution in [0, 0.1) is 5.92 Å². The maximum Gasteiger partial charge on any atom is 0.0363 e. The molecular weight excluding hydrogens is 220 g/mol. The third-order valence-corrected chi connectivity index (χ3v) is 3.11. The zero-order chi connectivity index (χ0) is 13.8. The lowest BCUT2D eigenvalue weighted by molar-refractivity contribution is 0.479. The minimum Gasteiger partial charge on any atom is -0.375 e. The predicted molar refractivity (Wildman–Crippen MR) is 81.1 cm³/mol. The van der Waals surface area contributed by atoms with Crippen LogP contribution in [0.5, 0.6) is 0 Å². The van der Waals surface area contributed by atoms with Crippen LogP contribution in [0.25, 0.3) is 0 Å². The minimum absolute atomic E-state index is 0.0914. The van der Waals surface area contributed by atoms with Gasteiger partial charge in [-0.1, -0.05) is 26.0 Å². The molecule has 102 valence electrons. The molecule has 0 spiro atoms. The lowest BCUT2D eigenvalue weighted by Gasteiger charge is -2.25. The van der Waals surface area contributed by atoms with Gasteiger partial charge in [-0.3, -0.25) is 0 Å². The first-order valence-electron chi connectivity index (χ1n) is 6.87. The van der Waals surface area contributed by atoms with Crippen LogP contribution < -0.4 is 10.6 Å². The molecule has 0 aliphatic carbocycles. The minimum atomic E-state index is -0.0914. The van der Waals surface area contributed by atoms with Crippen molar-refractivity contribution < 1.29 is 0 Å². The van der Waals surface area contributed by atoms with Gasteiger partial charge in [0.15, 0.2) is 0 Å². The van der Waals surface area contributed by atoms with Gasteiger partial charge in [0.05, 0.1) is 0 Å². The van der Waals surface area contributed by atoms with E-state index in [-0.39, 0.29) is 5.54 Å². The van der Waals surface area contributed by atoms with E-state index in [1.54, 1.807) is 0 Å². The van der Waals surface area contributed by atoms with Crippen LogP contribution in [0.1, 0.15) is 39.7 Å². The number of anilines is 1. The molecule has 0 saturated heterocycles. The van der Waals surface area contributed by atoms with Crippen molar-refractivity contribution in [3.8, 4) is 0 Å². The Morgan fingerprint density at radius 1 is 1.17 bits per heavy atom. The first-order chi connectivity index (χ1) is 8.28. The van der Waals surface area contributed by atoms with Crippen LogP contribution in [0.4, 0.5) is 5.69 Å². The highest BCUT2D eigenvalue weighted by Gasteiger charge is 2.12. The summed E-state index contributed by atoms with van der Waals surface area (Å²) in [6.45, 7) is 9.65. The second kappa shape index (κ2) is 6.24. The van der Waals surface area contributed by atoms with Crippen LogP contribution in [0.2, 0.25) is 0 Å². The summed E-state index contributed by atoms with van der Waals surface area (Å²) in [5, 5.41) is 0. The lowest BCUT2D eigenvalue weighted by atomic mass is 10.0. The van der Waals surface area contributed by atoms with E-state index < -0.39 is 0 Å². The Hall–Kier alpha value is -1.02. The monoisotopic (exact) mass is 248 g/mol. The fourth-order valence-corrected chi connectivity index (χ4v) is 1.94. The topological polar surface area (TPSA) is 29.3 Å². The molecule has 0 atom stereocenters.